The van der Waals surface area contributed by atoms with Gasteiger partial charge in [-0.3, -0.25) is 0 Å². The lowest BCUT2D eigenvalue weighted by Gasteiger charge is -2.29. The van der Waals surface area contributed by atoms with E-state index in [0.717, 1.165) is 6.92 Å². The van der Waals surface area contributed by atoms with Crippen molar-refractivity contribution in [2.45, 2.75) is 25.1 Å². The Morgan fingerprint density at radius 2 is 1.50 bits per heavy atom. The van der Waals surface area contributed by atoms with Crippen LogP contribution in [0.15, 0.2) is 11.8 Å². The summed E-state index contributed by atoms with van der Waals surface area (Å²) in [5, 5.41) is 0. The molecule has 0 radical (unpaired) electrons. The van der Waals surface area contributed by atoms with Crippen LogP contribution in [0.3, 0.4) is 0 Å². The summed E-state index contributed by atoms with van der Waals surface area (Å²) >= 11 is 0. The highest BCUT2D eigenvalue weighted by atomic mass is 19.4. The predicted octanol–water partition coefficient (Wildman–Crippen LogP) is 2.28. The molecule has 0 aromatic rings. The smallest absolute Gasteiger partial charge is 0.431 e. The average Bonchev–Trinajstić information content (AvgIpc) is 2.41. The van der Waals surface area contributed by atoms with Crippen molar-refractivity contribution in [2.24, 2.45) is 0 Å². The van der Waals surface area contributed by atoms with Crippen molar-refractivity contribution in [2.75, 3.05) is 0 Å². The number of cyclic esters (lactones) is 1. The van der Waals surface area contributed by atoms with Gasteiger partial charge in [0.2, 0.25) is 5.76 Å². The fourth-order valence-corrected chi connectivity index (χ4v) is 0.967. The third-order valence-corrected chi connectivity index (χ3v) is 1.70. The normalized spacial score (nSPS) is 23.2. The molecule has 0 aromatic heterocycles. The number of halogens is 6. The Balaban J connectivity index is 3.27. The number of carbonyl (C=O) groups excluding carboxylic acids is 1. The van der Waals surface area contributed by atoms with Gasteiger partial charge in [0.05, 0.1) is 0 Å². The highest BCUT2D eigenvalue weighted by molar-refractivity contribution is 5.88. The molecule has 0 spiro atoms. The second-order valence-corrected chi connectivity index (χ2v) is 2.76. The van der Waals surface area contributed by atoms with Gasteiger partial charge in [0.15, 0.2) is 0 Å². The summed E-state index contributed by atoms with van der Waals surface area (Å²) in [4.78, 5) is 10.7. The summed E-state index contributed by atoms with van der Waals surface area (Å²) in [6.45, 7) is 1.04. The van der Waals surface area contributed by atoms with Crippen molar-refractivity contribution in [3.63, 3.8) is 0 Å². The fourth-order valence-electron chi connectivity index (χ4n) is 0.967. The number of hydrogen-bond acceptors (Lipinski definition) is 3. The van der Waals surface area contributed by atoms with Crippen molar-refractivity contribution in [3.05, 3.63) is 11.8 Å². The molecule has 1 rings (SSSR count). The van der Waals surface area contributed by atoms with Crippen LogP contribution in [0, 0.1) is 0 Å². The maximum absolute atomic E-state index is 12.2. The molecule has 92 valence electrons. The summed E-state index contributed by atoms with van der Waals surface area (Å²) in [6.07, 6.45) is -11.2. The number of ether oxygens (including phenoxy) is 2. The third kappa shape index (κ3) is 1.59. The van der Waals surface area contributed by atoms with Crippen LogP contribution >= 0.6 is 0 Å². The van der Waals surface area contributed by atoms with E-state index in [-0.39, 0.29) is 0 Å². The van der Waals surface area contributed by atoms with Crippen LogP contribution in [0.1, 0.15) is 6.92 Å². The van der Waals surface area contributed by atoms with Crippen molar-refractivity contribution in [1.82, 2.24) is 0 Å². The Hall–Kier alpha value is -1.41. The van der Waals surface area contributed by atoms with Crippen LogP contribution < -0.4 is 0 Å². The molecule has 1 heterocycles. The molecular weight excluding hydrogens is 246 g/mol. The number of alkyl halides is 6. The number of hydrogen-bond donors (Lipinski definition) is 0. The molecular formula is C7H4F6O3. The van der Waals surface area contributed by atoms with E-state index in [1.807, 2.05) is 0 Å². The molecule has 9 heteroatoms. The molecule has 0 saturated carbocycles. The standard InChI is InChI=1S/C7H4F6O3/c1-2-3-4(14)16-5(15-3,6(8,9)10)7(11,12)13/h2H,1H3. The average molecular weight is 250 g/mol. The van der Waals surface area contributed by atoms with Gasteiger partial charge in [-0.15, -0.1) is 0 Å². The lowest BCUT2D eigenvalue weighted by molar-refractivity contribution is -0.431. The van der Waals surface area contributed by atoms with Gasteiger partial charge in [-0.1, -0.05) is 0 Å². The topological polar surface area (TPSA) is 35.5 Å². The molecule has 3 nitrogen and oxygen atoms in total. The second kappa shape index (κ2) is 3.29. The molecule has 0 aliphatic carbocycles. The van der Waals surface area contributed by atoms with E-state index in [9.17, 15) is 31.1 Å². The molecule has 0 atom stereocenters. The summed E-state index contributed by atoms with van der Waals surface area (Å²) in [5.41, 5.74) is 0. The Morgan fingerprint density at radius 1 is 1.06 bits per heavy atom. The molecule has 0 amide bonds. The van der Waals surface area contributed by atoms with Crippen LogP contribution in [-0.4, -0.2) is 24.1 Å². The molecule has 0 bridgehead atoms. The first-order valence-corrected chi connectivity index (χ1v) is 3.77. The van der Waals surface area contributed by atoms with Crippen LogP contribution in [0.2, 0.25) is 0 Å². The van der Waals surface area contributed by atoms with E-state index in [1.165, 1.54) is 0 Å². The molecule has 1 aliphatic rings. The van der Waals surface area contributed by atoms with E-state index < -0.39 is 29.9 Å². The van der Waals surface area contributed by atoms with Gasteiger partial charge in [0.25, 0.3) is 0 Å². The van der Waals surface area contributed by atoms with Crippen molar-refractivity contribution in [1.29, 1.82) is 0 Å². The van der Waals surface area contributed by atoms with Crippen molar-refractivity contribution < 1.29 is 40.6 Å². The highest BCUT2D eigenvalue weighted by Gasteiger charge is 2.80. The molecule has 0 N–H and O–H groups in total. The molecule has 1 saturated heterocycles. The quantitative estimate of drug-likeness (QED) is 0.376. The van der Waals surface area contributed by atoms with E-state index in [4.69, 9.17) is 0 Å². The van der Waals surface area contributed by atoms with Gasteiger partial charge in [0, 0.05) is 0 Å². The van der Waals surface area contributed by atoms with Crippen LogP contribution in [0.25, 0.3) is 0 Å². The fraction of sp³-hybridized carbons (Fsp3) is 0.571. The Labute approximate surface area is 84.6 Å². The minimum Gasteiger partial charge on any atom is -0.431 e. The van der Waals surface area contributed by atoms with E-state index in [1.54, 1.807) is 0 Å². The lowest BCUT2D eigenvalue weighted by Crippen LogP contribution is -2.57. The maximum atomic E-state index is 12.2. The summed E-state index contributed by atoms with van der Waals surface area (Å²) in [5.74, 6) is -7.84. The first kappa shape index (κ1) is 12.7. The molecule has 1 aliphatic heterocycles. The minimum absolute atomic E-state index is 0.654. The Morgan fingerprint density at radius 3 is 1.69 bits per heavy atom. The lowest BCUT2D eigenvalue weighted by atomic mass is 10.2. The Kier molecular flexibility index (Phi) is 2.60. The first-order valence-electron chi connectivity index (χ1n) is 3.77. The number of rotatable bonds is 0. The molecule has 1 fully saturated rings. The van der Waals surface area contributed by atoms with Gasteiger partial charge in [-0.2, -0.15) is 26.3 Å². The maximum Gasteiger partial charge on any atom is 0.478 e. The predicted molar refractivity (Wildman–Crippen MR) is 35.8 cm³/mol. The van der Waals surface area contributed by atoms with Gasteiger partial charge in [-0.25, -0.2) is 4.79 Å². The van der Waals surface area contributed by atoms with Gasteiger partial charge < -0.3 is 9.47 Å². The molecule has 16 heavy (non-hydrogen) atoms. The summed E-state index contributed by atoms with van der Waals surface area (Å²) in [7, 11) is 0. The van der Waals surface area contributed by atoms with Crippen LogP contribution in [0.5, 0.6) is 0 Å². The summed E-state index contributed by atoms with van der Waals surface area (Å²) < 4.78 is 80.4. The van der Waals surface area contributed by atoms with E-state index in [0.29, 0.717) is 6.08 Å². The van der Waals surface area contributed by atoms with E-state index in [2.05, 4.69) is 9.47 Å². The van der Waals surface area contributed by atoms with Crippen molar-refractivity contribution in [3.8, 4) is 0 Å². The van der Waals surface area contributed by atoms with Gasteiger partial charge in [0.1, 0.15) is 0 Å². The first-order chi connectivity index (χ1) is 7.05. The van der Waals surface area contributed by atoms with Crippen LogP contribution in [0.4, 0.5) is 26.3 Å². The zero-order chi connectivity index (χ0) is 12.8. The summed E-state index contributed by atoms with van der Waals surface area (Å²) in [6, 6.07) is 0. The van der Waals surface area contributed by atoms with Gasteiger partial charge >= 0.3 is 24.1 Å². The molecule has 0 aromatic carbocycles. The zero-order valence-corrected chi connectivity index (χ0v) is 7.57. The van der Waals surface area contributed by atoms with Gasteiger partial charge in [-0.05, 0) is 13.0 Å². The number of allylic oxidation sites excluding steroid dienone is 1. The number of carbonyl (C=O) groups is 1. The monoisotopic (exact) mass is 250 g/mol. The van der Waals surface area contributed by atoms with Crippen molar-refractivity contribution >= 4 is 5.97 Å². The molecule has 0 unspecified atom stereocenters. The second-order valence-electron chi connectivity index (χ2n) is 2.76. The number of esters is 1. The zero-order valence-electron chi connectivity index (χ0n) is 7.57. The largest absolute Gasteiger partial charge is 0.478 e. The Bertz CT molecular complexity index is 325. The highest BCUT2D eigenvalue weighted by Crippen LogP contribution is 2.51. The third-order valence-electron chi connectivity index (χ3n) is 1.70. The minimum atomic E-state index is -5.91. The SMILES string of the molecule is CC=C1OC(C(F)(F)F)(C(F)(F)F)OC1=O. The van der Waals surface area contributed by atoms with E-state index >= 15 is 0 Å². The van der Waals surface area contributed by atoms with Crippen LogP contribution in [-0.2, 0) is 14.3 Å².